The predicted octanol–water partition coefficient (Wildman–Crippen LogP) is 7.24. The maximum Gasteiger partial charge on any atom is 0.126 e. The van der Waals surface area contributed by atoms with Crippen molar-refractivity contribution < 1.29 is 9.53 Å². The molecule has 0 radical (unpaired) electrons. The molecule has 0 aromatic heterocycles. The number of carbonyl (C=O) groups is 1. The van der Waals surface area contributed by atoms with E-state index in [9.17, 15) is 4.79 Å². The minimum absolute atomic E-state index is 0.167. The van der Waals surface area contributed by atoms with E-state index in [1.54, 1.807) is 0 Å². The molecule has 2 nitrogen and oxygen atoms in total. The lowest BCUT2D eigenvalue weighted by Crippen LogP contribution is -2.09. The van der Waals surface area contributed by atoms with Gasteiger partial charge in [-0.2, -0.15) is 0 Å². The largest absolute Gasteiger partial charge is 0.374 e. The average Bonchev–Trinajstić information content (AvgIpc) is 2.70. The van der Waals surface area contributed by atoms with Crippen molar-refractivity contribution in [1.82, 2.24) is 0 Å². The smallest absolute Gasteiger partial charge is 0.126 e. The topological polar surface area (TPSA) is 26.3 Å². The van der Waals surface area contributed by atoms with E-state index >= 15 is 0 Å². The predicted molar refractivity (Wildman–Crippen MR) is 118 cm³/mol. The fraction of sp³-hybridized carbons (Fsp3) is 0.400. The Morgan fingerprint density at radius 3 is 1.78 bits per heavy atom. The molecule has 0 heterocycles. The molecule has 0 aliphatic heterocycles. The summed E-state index contributed by atoms with van der Waals surface area (Å²) < 4.78 is 5.87. The molecule has 2 aromatic rings. The number of hydrogen-bond acceptors (Lipinski definition) is 2. The number of benzene rings is 2. The Bertz CT molecular complexity index is 607. The number of hydrogen-bond donors (Lipinski definition) is 0. The summed E-state index contributed by atoms with van der Waals surface area (Å²) in [5.74, 6) is 0.167. The maximum absolute atomic E-state index is 9.44. The third-order valence-electron chi connectivity index (χ3n) is 3.75. The Labute approximate surface area is 166 Å². The third-order valence-corrected chi connectivity index (χ3v) is 3.75. The van der Waals surface area contributed by atoms with Crippen LogP contribution in [0.3, 0.4) is 0 Å². The summed E-state index contributed by atoms with van der Waals surface area (Å²) in [7, 11) is 0. The molecule has 0 fully saturated rings. The second-order valence-corrected chi connectivity index (χ2v) is 6.42. The van der Waals surface area contributed by atoms with Gasteiger partial charge in [-0.3, -0.25) is 0 Å². The highest BCUT2D eigenvalue weighted by Gasteiger charge is 2.04. The first kappa shape index (κ1) is 24.8. The quantitative estimate of drug-likeness (QED) is 0.482. The normalized spacial score (nSPS) is 9.56. The molecule has 0 aliphatic rings. The zero-order valence-electron chi connectivity index (χ0n) is 17.7. The van der Waals surface area contributed by atoms with Crippen LogP contribution >= 0.6 is 0 Å². The van der Waals surface area contributed by atoms with E-state index in [1.807, 2.05) is 12.1 Å². The second-order valence-electron chi connectivity index (χ2n) is 6.42. The average molecular weight is 369 g/mol. The molecule has 2 rings (SSSR count). The van der Waals surface area contributed by atoms with Crippen LogP contribution in [0.15, 0.2) is 67.3 Å². The van der Waals surface area contributed by atoms with Gasteiger partial charge in [0.1, 0.15) is 5.78 Å². The van der Waals surface area contributed by atoms with E-state index in [2.05, 4.69) is 75.9 Å². The molecule has 2 aromatic carbocycles. The zero-order valence-corrected chi connectivity index (χ0v) is 17.7. The molecule has 0 atom stereocenters. The fourth-order valence-electron chi connectivity index (χ4n) is 2.16. The van der Waals surface area contributed by atoms with Gasteiger partial charge in [-0.15, -0.1) is 6.58 Å². The van der Waals surface area contributed by atoms with Crippen LogP contribution in [0.1, 0.15) is 59.4 Å². The molecule has 0 aliphatic carbocycles. The van der Waals surface area contributed by atoms with Crippen molar-refractivity contribution in [3.63, 3.8) is 0 Å². The Morgan fingerprint density at radius 1 is 0.926 bits per heavy atom. The van der Waals surface area contributed by atoms with Crippen molar-refractivity contribution in [3.8, 4) is 11.1 Å². The van der Waals surface area contributed by atoms with Crippen LogP contribution in [0.5, 0.6) is 0 Å². The Hall–Kier alpha value is -2.19. The number of ketones is 1. The SMILES string of the molecule is C=CCC.CC(C)=O.CCC(CC)OCc1ccc(-c2ccccc2)cc1. The van der Waals surface area contributed by atoms with Crippen LogP contribution in [-0.4, -0.2) is 11.9 Å². The van der Waals surface area contributed by atoms with Crippen LogP contribution in [0.2, 0.25) is 0 Å². The summed E-state index contributed by atoms with van der Waals surface area (Å²) in [5.41, 5.74) is 3.76. The molecule has 27 heavy (non-hydrogen) atoms. The molecule has 0 bridgehead atoms. The van der Waals surface area contributed by atoms with E-state index in [4.69, 9.17) is 4.74 Å². The van der Waals surface area contributed by atoms with Crippen LogP contribution in [0.4, 0.5) is 0 Å². The van der Waals surface area contributed by atoms with Crippen molar-refractivity contribution in [3.05, 3.63) is 72.8 Å². The third kappa shape index (κ3) is 12.7. The highest BCUT2D eigenvalue weighted by molar-refractivity contribution is 5.72. The Morgan fingerprint density at radius 2 is 1.37 bits per heavy atom. The molecule has 0 unspecified atom stereocenters. The van der Waals surface area contributed by atoms with Crippen LogP contribution in [0, 0.1) is 0 Å². The number of ether oxygens (including phenoxy) is 1. The monoisotopic (exact) mass is 368 g/mol. The molecule has 0 N–H and O–H groups in total. The number of Topliss-reactive ketones (excluding diaryl/α,β-unsaturated/α-hetero) is 1. The van der Waals surface area contributed by atoms with Gasteiger partial charge in [0.25, 0.3) is 0 Å². The second kappa shape index (κ2) is 16.0. The van der Waals surface area contributed by atoms with Gasteiger partial charge in [0.15, 0.2) is 0 Å². The van der Waals surface area contributed by atoms with E-state index < -0.39 is 0 Å². The lowest BCUT2D eigenvalue weighted by atomic mass is 10.0. The highest BCUT2D eigenvalue weighted by atomic mass is 16.5. The highest BCUT2D eigenvalue weighted by Crippen LogP contribution is 2.19. The van der Waals surface area contributed by atoms with Gasteiger partial charge in [-0.25, -0.2) is 0 Å². The van der Waals surface area contributed by atoms with Crippen molar-refractivity contribution in [1.29, 1.82) is 0 Å². The van der Waals surface area contributed by atoms with E-state index in [0.29, 0.717) is 12.7 Å². The van der Waals surface area contributed by atoms with Gasteiger partial charge in [0.2, 0.25) is 0 Å². The summed E-state index contributed by atoms with van der Waals surface area (Å²) in [5, 5.41) is 0. The van der Waals surface area contributed by atoms with E-state index in [1.165, 1.54) is 30.5 Å². The van der Waals surface area contributed by atoms with Crippen molar-refractivity contribution >= 4 is 5.78 Å². The molecular weight excluding hydrogens is 332 g/mol. The molecule has 2 heteroatoms. The van der Waals surface area contributed by atoms with Gasteiger partial charge in [-0.1, -0.05) is 81.4 Å². The molecule has 0 spiro atoms. The fourth-order valence-corrected chi connectivity index (χ4v) is 2.16. The molecule has 0 saturated carbocycles. The lowest BCUT2D eigenvalue weighted by molar-refractivity contribution is -0.114. The van der Waals surface area contributed by atoms with Crippen molar-refractivity contribution in [2.75, 3.05) is 0 Å². The van der Waals surface area contributed by atoms with Gasteiger partial charge < -0.3 is 9.53 Å². The first-order valence-corrected chi connectivity index (χ1v) is 9.82. The minimum atomic E-state index is 0.167. The molecule has 0 saturated heterocycles. The summed E-state index contributed by atoms with van der Waals surface area (Å²) >= 11 is 0. The first-order valence-electron chi connectivity index (χ1n) is 9.82. The summed E-state index contributed by atoms with van der Waals surface area (Å²) in [4.78, 5) is 9.44. The number of allylic oxidation sites excluding steroid dienone is 1. The van der Waals surface area contributed by atoms with Crippen LogP contribution < -0.4 is 0 Å². The maximum atomic E-state index is 9.44. The van der Waals surface area contributed by atoms with Gasteiger partial charge >= 0.3 is 0 Å². The van der Waals surface area contributed by atoms with Gasteiger partial charge in [0, 0.05) is 0 Å². The molecule has 0 amide bonds. The zero-order chi connectivity index (χ0) is 20.5. The minimum Gasteiger partial charge on any atom is -0.374 e. The Kier molecular flexibility index (Phi) is 14.7. The molecular formula is C25H36O2. The van der Waals surface area contributed by atoms with Crippen LogP contribution in [0.25, 0.3) is 11.1 Å². The Balaban J connectivity index is 0.000000718. The standard InChI is InChI=1S/C18H22O.C4H8.C3H6O/c1-3-18(4-2)19-14-15-10-12-17(13-11-15)16-8-6-5-7-9-16;1-3-4-2;1-3(2)4/h5-13,18H,3-4,14H2,1-2H3;3H,1,4H2,2H3;1-2H3. The van der Waals surface area contributed by atoms with Crippen LogP contribution in [-0.2, 0) is 16.1 Å². The van der Waals surface area contributed by atoms with E-state index in [0.717, 1.165) is 19.3 Å². The van der Waals surface area contributed by atoms with Crippen molar-refractivity contribution in [2.45, 2.75) is 66.6 Å². The first-order chi connectivity index (χ1) is 13.0. The lowest BCUT2D eigenvalue weighted by Gasteiger charge is -2.14. The summed E-state index contributed by atoms with van der Waals surface area (Å²) in [6.45, 7) is 13.7. The van der Waals surface area contributed by atoms with Gasteiger partial charge in [0.05, 0.1) is 12.7 Å². The molecule has 148 valence electrons. The number of rotatable bonds is 7. The van der Waals surface area contributed by atoms with Gasteiger partial charge in [-0.05, 0) is 49.8 Å². The van der Waals surface area contributed by atoms with E-state index in [-0.39, 0.29) is 5.78 Å². The summed E-state index contributed by atoms with van der Waals surface area (Å²) in [6.07, 6.45) is 5.51. The summed E-state index contributed by atoms with van der Waals surface area (Å²) in [6, 6.07) is 19.1. The number of carbonyl (C=O) groups excluding carboxylic acids is 1. The van der Waals surface area contributed by atoms with Crippen molar-refractivity contribution in [2.24, 2.45) is 0 Å².